The van der Waals surface area contributed by atoms with Crippen LogP contribution in [0.4, 0.5) is 0 Å². The van der Waals surface area contributed by atoms with Gasteiger partial charge in [-0.25, -0.2) is 0 Å². The first-order chi connectivity index (χ1) is 7.45. The van der Waals surface area contributed by atoms with Gasteiger partial charge in [-0.05, 0) is 24.6 Å². The summed E-state index contributed by atoms with van der Waals surface area (Å²) in [6.45, 7) is 10.5. The van der Waals surface area contributed by atoms with E-state index in [2.05, 4.69) is 44.4 Å². The van der Waals surface area contributed by atoms with Crippen LogP contribution in [0.15, 0.2) is 0 Å². The molecule has 16 heavy (non-hydrogen) atoms. The second-order valence-corrected chi connectivity index (χ2v) is 7.36. The minimum Gasteiger partial charge on any atom is -0.297 e. The lowest BCUT2D eigenvalue weighted by atomic mass is 9.81. The Balaban J connectivity index is 2.19. The first kappa shape index (κ1) is 12.4. The molecular formula is C13H23NOS. The van der Waals surface area contributed by atoms with E-state index in [0.29, 0.717) is 11.7 Å². The summed E-state index contributed by atoms with van der Waals surface area (Å²) < 4.78 is 0. The van der Waals surface area contributed by atoms with Gasteiger partial charge in [0.25, 0.3) is 0 Å². The number of Topliss-reactive ketones (excluding diaryl/α,β-unsaturated/α-hetero) is 1. The van der Waals surface area contributed by atoms with Crippen molar-refractivity contribution in [3.8, 4) is 0 Å². The van der Waals surface area contributed by atoms with Gasteiger partial charge in [0.2, 0.25) is 0 Å². The van der Waals surface area contributed by atoms with Crippen LogP contribution in [0.2, 0.25) is 0 Å². The van der Waals surface area contributed by atoms with Crippen LogP contribution in [0.3, 0.4) is 0 Å². The van der Waals surface area contributed by atoms with Crippen LogP contribution in [0.25, 0.3) is 0 Å². The average Bonchev–Trinajstić information content (AvgIpc) is 2.73. The van der Waals surface area contributed by atoms with Crippen LogP contribution in [0, 0.1) is 11.3 Å². The number of likely N-dealkylation sites (tertiary alicyclic amines) is 1. The maximum atomic E-state index is 12.5. The standard InChI is InChI=1S/C13H23NOS/c1-5-14-8-10-9(6-7-16-10)11(14)12(15)13(2,3)4/h9-11H,5-8H2,1-4H3. The molecule has 3 atom stereocenters. The Hall–Kier alpha value is -0.0200. The van der Waals surface area contributed by atoms with Gasteiger partial charge in [-0.2, -0.15) is 11.8 Å². The second kappa shape index (κ2) is 4.34. The molecule has 0 spiro atoms. The third-order valence-corrected chi connectivity index (χ3v) is 5.29. The minimum absolute atomic E-state index is 0.194. The molecule has 92 valence electrons. The molecular weight excluding hydrogens is 218 g/mol. The Morgan fingerprint density at radius 2 is 2.12 bits per heavy atom. The maximum absolute atomic E-state index is 12.5. The third kappa shape index (κ3) is 2.04. The summed E-state index contributed by atoms with van der Waals surface area (Å²) in [5.74, 6) is 2.32. The van der Waals surface area contributed by atoms with E-state index in [1.165, 1.54) is 12.2 Å². The van der Waals surface area contributed by atoms with Gasteiger partial charge >= 0.3 is 0 Å². The molecule has 0 amide bonds. The normalized spacial score (nSPS) is 35.4. The van der Waals surface area contributed by atoms with Gasteiger partial charge < -0.3 is 0 Å². The minimum atomic E-state index is -0.194. The molecule has 0 aromatic heterocycles. The lowest BCUT2D eigenvalue weighted by molar-refractivity contribution is -0.132. The SMILES string of the molecule is CCN1CC2SCCC2C1C(=O)C(C)(C)C. The Labute approximate surface area is 103 Å². The largest absolute Gasteiger partial charge is 0.297 e. The Kier molecular flexibility index (Phi) is 3.37. The molecule has 3 unspecified atom stereocenters. The second-order valence-electron chi connectivity index (χ2n) is 6.01. The highest BCUT2D eigenvalue weighted by molar-refractivity contribution is 8.00. The number of nitrogens with zero attached hydrogens (tertiary/aromatic N) is 1. The van der Waals surface area contributed by atoms with Gasteiger partial charge in [0.15, 0.2) is 5.78 Å². The quantitative estimate of drug-likeness (QED) is 0.740. The first-order valence-corrected chi connectivity index (χ1v) is 7.40. The molecule has 2 fully saturated rings. The molecule has 3 heteroatoms. The van der Waals surface area contributed by atoms with Gasteiger partial charge in [0.1, 0.15) is 0 Å². The van der Waals surface area contributed by atoms with E-state index in [4.69, 9.17) is 0 Å². The van der Waals surface area contributed by atoms with Gasteiger partial charge in [0, 0.05) is 17.2 Å². The number of fused-ring (bicyclic) bond motifs is 1. The van der Waals surface area contributed by atoms with Crippen LogP contribution in [-0.4, -0.2) is 40.8 Å². The van der Waals surface area contributed by atoms with E-state index in [0.717, 1.165) is 18.3 Å². The monoisotopic (exact) mass is 241 g/mol. The number of hydrogen-bond acceptors (Lipinski definition) is 3. The molecule has 2 saturated heterocycles. The summed E-state index contributed by atoms with van der Waals surface area (Å²) in [4.78, 5) is 14.9. The van der Waals surface area contributed by atoms with Crippen molar-refractivity contribution in [3.63, 3.8) is 0 Å². The van der Waals surface area contributed by atoms with Crippen molar-refractivity contribution in [1.29, 1.82) is 0 Å². The van der Waals surface area contributed by atoms with Crippen molar-refractivity contribution in [2.75, 3.05) is 18.8 Å². The van der Waals surface area contributed by atoms with Crippen molar-refractivity contribution in [1.82, 2.24) is 4.90 Å². The summed E-state index contributed by atoms with van der Waals surface area (Å²) in [6.07, 6.45) is 1.23. The van der Waals surface area contributed by atoms with Gasteiger partial charge in [0.05, 0.1) is 6.04 Å². The topological polar surface area (TPSA) is 20.3 Å². The molecule has 0 radical (unpaired) electrons. The van der Waals surface area contributed by atoms with Crippen LogP contribution in [0.1, 0.15) is 34.1 Å². The lowest BCUT2D eigenvalue weighted by Crippen LogP contribution is -2.45. The van der Waals surface area contributed by atoms with E-state index in [-0.39, 0.29) is 11.5 Å². The number of hydrogen-bond donors (Lipinski definition) is 0. The van der Waals surface area contributed by atoms with E-state index in [1.807, 2.05) is 0 Å². The highest BCUT2D eigenvalue weighted by Crippen LogP contribution is 2.43. The number of ketones is 1. The smallest absolute Gasteiger partial charge is 0.155 e. The number of rotatable bonds is 2. The third-order valence-electron chi connectivity index (χ3n) is 3.89. The van der Waals surface area contributed by atoms with E-state index >= 15 is 0 Å². The number of carbonyl (C=O) groups is 1. The van der Waals surface area contributed by atoms with Crippen LogP contribution < -0.4 is 0 Å². The predicted octanol–water partition coefficient (Wildman–Crippen LogP) is 2.43. The molecule has 0 bridgehead atoms. The molecule has 0 N–H and O–H groups in total. The summed E-state index contributed by atoms with van der Waals surface area (Å²) in [6, 6.07) is 0.199. The van der Waals surface area contributed by atoms with Gasteiger partial charge in [-0.15, -0.1) is 0 Å². The van der Waals surface area contributed by atoms with Crippen molar-refractivity contribution in [2.24, 2.45) is 11.3 Å². The van der Waals surface area contributed by atoms with Crippen molar-refractivity contribution >= 4 is 17.5 Å². The Morgan fingerprint density at radius 3 is 2.69 bits per heavy atom. The molecule has 2 heterocycles. The molecule has 2 aliphatic rings. The van der Waals surface area contributed by atoms with Crippen molar-refractivity contribution < 1.29 is 4.79 Å². The molecule has 0 aromatic rings. The highest BCUT2D eigenvalue weighted by Gasteiger charge is 2.49. The van der Waals surface area contributed by atoms with Gasteiger partial charge in [-0.1, -0.05) is 27.7 Å². The number of carbonyl (C=O) groups excluding carboxylic acids is 1. The fourth-order valence-corrected chi connectivity index (χ4v) is 4.50. The summed E-state index contributed by atoms with van der Waals surface area (Å²) >= 11 is 2.07. The maximum Gasteiger partial charge on any atom is 0.155 e. The average molecular weight is 241 g/mol. The fourth-order valence-electron chi connectivity index (χ4n) is 2.96. The fraction of sp³-hybridized carbons (Fsp3) is 0.923. The molecule has 2 aliphatic heterocycles. The molecule has 2 rings (SSSR count). The molecule has 0 saturated carbocycles. The highest BCUT2D eigenvalue weighted by atomic mass is 32.2. The van der Waals surface area contributed by atoms with Crippen LogP contribution in [0.5, 0.6) is 0 Å². The first-order valence-electron chi connectivity index (χ1n) is 6.35. The van der Waals surface area contributed by atoms with E-state index in [9.17, 15) is 4.79 Å². The zero-order chi connectivity index (χ0) is 11.9. The predicted molar refractivity (Wildman–Crippen MR) is 69.9 cm³/mol. The Bertz CT molecular complexity index is 284. The summed E-state index contributed by atoms with van der Waals surface area (Å²) in [5, 5.41) is 0.719. The van der Waals surface area contributed by atoms with Crippen molar-refractivity contribution in [2.45, 2.75) is 45.4 Å². The van der Waals surface area contributed by atoms with Crippen LogP contribution in [-0.2, 0) is 4.79 Å². The number of thioether (sulfide) groups is 1. The number of likely N-dealkylation sites (N-methyl/N-ethyl adjacent to an activating group) is 1. The van der Waals surface area contributed by atoms with Crippen molar-refractivity contribution in [3.05, 3.63) is 0 Å². The van der Waals surface area contributed by atoms with Gasteiger partial charge in [-0.3, -0.25) is 9.69 Å². The van der Waals surface area contributed by atoms with E-state index < -0.39 is 0 Å². The lowest BCUT2D eigenvalue weighted by Gasteiger charge is -2.30. The van der Waals surface area contributed by atoms with E-state index in [1.54, 1.807) is 0 Å². The zero-order valence-corrected chi connectivity index (χ0v) is 11.6. The molecule has 0 aliphatic carbocycles. The summed E-state index contributed by atoms with van der Waals surface area (Å²) in [7, 11) is 0. The van der Waals surface area contributed by atoms with Crippen LogP contribution >= 0.6 is 11.8 Å². The Morgan fingerprint density at radius 1 is 1.44 bits per heavy atom. The molecule has 0 aromatic carbocycles. The zero-order valence-electron chi connectivity index (χ0n) is 10.8. The molecule has 2 nitrogen and oxygen atoms in total. The summed E-state index contributed by atoms with van der Waals surface area (Å²) in [5.41, 5.74) is -0.194.